The largest absolute Gasteiger partial charge is 0.490 e. The number of piperidine rings is 1. The van der Waals surface area contributed by atoms with Gasteiger partial charge < -0.3 is 14.5 Å². The van der Waals surface area contributed by atoms with E-state index in [4.69, 9.17) is 9.15 Å². The van der Waals surface area contributed by atoms with Crippen LogP contribution in [0.5, 0.6) is 5.75 Å². The van der Waals surface area contributed by atoms with Gasteiger partial charge in [-0.1, -0.05) is 12.1 Å². The molecular weight excluding hydrogens is 378 g/mol. The van der Waals surface area contributed by atoms with E-state index >= 15 is 0 Å². The monoisotopic (exact) mass is 405 g/mol. The first-order valence-electron chi connectivity index (χ1n) is 10.4. The molecule has 1 aromatic carbocycles. The number of pyridine rings is 1. The first kappa shape index (κ1) is 20.2. The van der Waals surface area contributed by atoms with Crippen molar-refractivity contribution < 1.29 is 13.9 Å². The Morgan fingerprint density at radius 1 is 1.17 bits per heavy atom. The van der Waals surface area contributed by atoms with Gasteiger partial charge >= 0.3 is 0 Å². The zero-order chi connectivity index (χ0) is 20.8. The van der Waals surface area contributed by atoms with E-state index in [-0.39, 0.29) is 12.0 Å². The van der Waals surface area contributed by atoms with Gasteiger partial charge in [0.2, 0.25) is 0 Å². The number of nitrogens with zero attached hydrogens (tertiary/aromatic N) is 2. The van der Waals surface area contributed by atoms with Crippen LogP contribution in [0, 0.1) is 6.92 Å². The highest BCUT2D eigenvalue weighted by Gasteiger charge is 2.21. The van der Waals surface area contributed by atoms with Crippen molar-refractivity contribution in [3.63, 3.8) is 0 Å². The number of benzene rings is 1. The second-order valence-corrected chi connectivity index (χ2v) is 7.64. The Balaban J connectivity index is 1.26. The van der Waals surface area contributed by atoms with E-state index in [0.717, 1.165) is 55.4 Å². The van der Waals surface area contributed by atoms with Crippen molar-refractivity contribution in [3.8, 4) is 5.75 Å². The Morgan fingerprint density at radius 3 is 2.77 bits per heavy atom. The zero-order valence-corrected chi connectivity index (χ0v) is 17.2. The summed E-state index contributed by atoms with van der Waals surface area (Å²) in [7, 11) is 0. The third-order valence-electron chi connectivity index (χ3n) is 5.27. The van der Waals surface area contributed by atoms with Gasteiger partial charge in [-0.25, -0.2) is 0 Å². The van der Waals surface area contributed by atoms with Crippen molar-refractivity contribution in [2.24, 2.45) is 0 Å². The summed E-state index contributed by atoms with van der Waals surface area (Å²) >= 11 is 0. The summed E-state index contributed by atoms with van der Waals surface area (Å²) in [6.07, 6.45) is 3.79. The number of hydrogen-bond donors (Lipinski definition) is 1. The molecule has 3 aromatic rings. The Kier molecular flexibility index (Phi) is 6.44. The Morgan fingerprint density at radius 2 is 2.03 bits per heavy atom. The second kappa shape index (κ2) is 9.59. The highest BCUT2D eigenvalue weighted by Crippen LogP contribution is 2.21. The van der Waals surface area contributed by atoms with Crippen LogP contribution >= 0.6 is 0 Å². The minimum Gasteiger partial charge on any atom is -0.490 e. The van der Waals surface area contributed by atoms with Crippen LogP contribution in [-0.4, -0.2) is 35.0 Å². The molecule has 0 bridgehead atoms. The topological polar surface area (TPSA) is 67.6 Å². The molecule has 1 aliphatic rings. The number of carbonyl (C=O) groups excluding carboxylic acids is 1. The molecule has 6 heteroatoms. The molecule has 1 amide bonds. The minimum atomic E-state index is -0.130. The van der Waals surface area contributed by atoms with Gasteiger partial charge in [-0.2, -0.15) is 0 Å². The maximum absolute atomic E-state index is 12.5. The van der Waals surface area contributed by atoms with E-state index in [2.05, 4.69) is 15.2 Å². The number of rotatable bonds is 7. The quantitative estimate of drug-likeness (QED) is 0.645. The third-order valence-corrected chi connectivity index (χ3v) is 5.27. The standard InChI is InChI=1S/C24H27N3O3/c1-18-8-9-23(29-18)17-27-13-10-21(11-14-27)30-22-7-4-5-19(15-22)24(28)26-16-20-6-2-3-12-25-20/h2-9,12,15,21H,10-11,13-14,16-17H2,1H3,(H,26,28). The predicted octanol–water partition coefficient (Wildman–Crippen LogP) is 3.96. The summed E-state index contributed by atoms with van der Waals surface area (Å²) in [5, 5.41) is 2.90. The van der Waals surface area contributed by atoms with Crippen LogP contribution < -0.4 is 10.1 Å². The van der Waals surface area contributed by atoms with Gasteiger partial charge in [0.15, 0.2) is 0 Å². The summed E-state index contributed by atoms with van der Waals surface area (Å²) in [6, 6.07) is 17.1. The van der Waals surface area contributed by atoms with Crippen LogP contribution in [0.2, 0.25) is 0 Å². The van der Waals surface area contributed by atoms with E-state index < -0.39 is 0 Å². The van der Waals surface area contributed by atoms with Crippen molar-refractivity contribution in [3.05, 3.63) is 83.6 Å². The molecule has 3 heterocycles. The number of carbonyl (C=O) groups is 1. The maximum atomic E-state index is 12.5. The zero-order valence-electron chi connectivity index (χ0n) is 17.2. The Bertz CT molecular complexity index is 963. The van der Waals surface area contributed by atoms with Gasteiger partial charge in [0.05, 0.1) is 18.8 Å². The number of aromatic nitrogens is 1. The molecule has 156 valence electrons. The fourth-order valence-corrected chi connectivity index (χ4v) is 3.65. The lowest BCUT2D eigenvalue weighted by Crippen LogP contribution is -2.37. The average Bonchev–Trinajstić information content (AvgIpc) is 3.19. The Labute approximate surface area is 176 Å². The number of nitrogens with one attached hydrogen (secondary N) is 1. The van der Waals surface area contributed by atoms with E-state index in [9.17, 15) is 4.79 Å². The van der Waals surface area contributed by atoms with Crippen molar-refractivity contribution in [1.82, 2.24) is 15.2 Å². The van der Waals surface area contributed by atoms with Crippen molar-refractivity contribution >= 4 is 5.91 Å². The van der Waals surface area contributed by atoms with Crippen molar-refractivity contribution in [1.29, 1.82) is 0 Å². The van der Waals surface area contributed by atoms with Gasteiger partial charge in [-0.15, -0.1) is 0 Å². The van der Waals surface area contributed by atoms with E-state index in [1.54, 1.807) is 12.3 Å². The summed E-state index contributed by atoms with van der Waals surface area (Å²) in [6.45, 7) is 5.14. The lowest BCUT2D eigenvalue weighted by molar-refractivity contribution is 0.0914. The third kappa shape index (κ3) is 5.48. The normalized spacial score (nSPS) is 15.1. The summed E-state index contributed by atoms with van der Waals surface area (Å²) in [5.41, 5.74) is 1.42. The van der Waals surface area contributed by atoms with Crippen LogP contribution in [0.4, 0.5) is 0 Å². The maximum Gasteiger partial charge on any atom is 0.251 e. The lowest BCUT2D eigenvalue weighted by Gasteiger charge is -2.31. The number of hydrogen-bond acceptors (Lipinski definition) is 5. The van der Waals surface area contributed by atoms with E-state index in [1.165, 1.54) is 0 Å². The van der Waals surface area contributed by atoms with E-state index in [0.29, 0.717) is 12.1 Å². The number of likely N-dealkylation sites (tertiary alicyclic amines) is 1. The first-order valence-corrected chi connectivity index (χ1v) is 10.4. The van der Waals surface area contributed by atoms with Crippen molar-refractivity contribution in [2.45, 2.75) is 39.0 Å². The molecule has 6 nitrogen and oxygen atoms in total. The molecule has 30 heavy (non-hydrogen) atoms. The second-order valence-electron chi connectivity index (χ2n) is 7.64. The number of furan rings is 1. The SMILES string of the molecule is Cc1ccc(CN2CCC(Oc3cccc(C(=O)NCc4ccccn4)c3)CC2)o1. The fourth-order valence-electron chi connectivity index (χ4n) is 3.65. The van der Waals surface area contributed by atoms with Crippen LogP contribution in [-0.2, 0) is 13.1 Å². The van der Waals surface area contributed by atoms with Crippen LogP contribution in [0.3, 0.4) is 0 Å². The smallest absolute Gasteiger partial charge is 0.251 e. The summed E-state index contributed by atoms with van der Waals surface area (Å²) in [5.74, 6) is 2.57. The molecule has 0 saturated carbocycles. The molecule has 4 rings (SSSR count). The molecule has 0 aliphatic carbocycles. The van der Waals surface area contributed by atoms with Gasteiger partial charge in [0.1, 0.15) is 23.4 Å². The molecule has 0 spiro atoms. The molecule has 1 N–H and O–H groups in total. The molecule has 0 atom stereocenters. The average molecular weight is 405 g/mol. The molecule has 1 fully saturated rings. The fraction of sp³-hybridized carbons (Fsp3) is 0.333. The van der Waals surface area contributed by atoms with Crippen LogP contribution in [0.15, 0.2) is 65.2 Å². The molecule has 1 aliphatic heterocycles. The van der Waals surface area contributed by atoms with Crippen molar-refractivity contribution in [2.75, 3.05) is 13.1 Å². The minimum absolute atomic E-state index is 0.130. The van der Waals surface area contributed by atoms with Crippen LogP contribution in [0.25, 0.3) is 0 Å². The van der Waals surface area contributed by atoms with Gasteiger partial charge in [0.25, 0.3) is 5.91 Å². The molecule has 0 radical (unpaired) electrons. The lowest BCUT2D eigenvalue weighted by atomic mass is 10.1. The number of aryl methyl sites for hydroxylation is 1. The molecular formula is C24H27N3O3. The summed E-state index contributed by atoms with van der Waals surface area (Å²) < 4.78 is 11.8. The van der Waals surface area contributed by atoms with Crippen LogP contribution in [0.1, 0.15) is 40.4 Å². The number of amides is 1. The van der Waals surface area contributed by atoms with Gasteiger partial charge in [0, 0.05) is 24.8 Å². The first-order chi connectivity index (χ1) is 14.7. The molecule has 1 saturated heterocycles. The van der Waals surface area contributed by atoms with Gasteiger partial charge in [-0.05, 0) is 62.2 Å². The molecule has 0 unspecified atom stereocenters. The highest BCUT2D eigenvalue weighted by atomic mass is 16.5. The van der Waals surface area contributed by atoms with E-state index in [1.807, 2.05) is 55.5 Å². The number of ether oxygens (including phenoxy) is 1. The summed E-state index contributed by atoms with van der Waals surface area (Å²) in [4.78, 5) is 19.1. The van der Waals surface area contributed by atoms with Gasteiger partial charge in [-0.3, -0.25) is 14.7 Å². The highest BCUT2D eigenvalue weighted by molar-refractivity contribution is 5.94. The predicted molar refractivity (Wildman–Crippen MR) is 114 cm³/mol. The molecule has 2 aromatic heterocycles. The Hall–Kier alpha value is -3.12.